The first-order chi connectivity index (χ1) is 13.0. The Morgan fingerprint density at radius 1 is 0.889 bits per heavy atom. The van der Waals surface area contributed by atoms with Gasteiger partial charge in [-0.05, 0) is 65.4 Å². The maximum atomic E-state index is 12.1. The number of hydrogen-bond acceptors (Lipinski definition) is 3. The van der Waals surface area contributed by atoms with Crippen molar-refractivity contribution in [3.8, 4) is 22.6 Å². The molecule has 0 saturated heterocycles. The number of ether oxygens (including phenoxy) is 1. The molecule has 0 aliphatic carbocycles. The van der Waals surface area contributed by atoms with E-state index in [1.807, 2.05) is 12.1 Å². The van der Waals surface area contributed by atoms with Gasteiger partial charge in [0.15, 0.2) is 0 Å². The predicted octanol–water partition coefficient (Wildman–Crippen LogP) is 5.87. The number of hydrogen-bond donors (Lipinski definition) is 1. The molecule has 3 nitrogen and oxygen atoms in total. The average molecular weight is 360 g/mol. The first-order valence-electron chi connectivity index (χ1n) is 9.25. The largest absolute Gasteiger partial charge is 0.508 e. The molecule has 0 aromatic heterocycles. The normalized spacial score (nSPS) is 11.8. The summed E-state index contributed by atoms with van der Waals surface area (Å²) in [6, 6.07) is 22.1. The Kier molecular flexibility index (Phi) is 5.92. The summed E-state index contributed by atoms with van der Waals surface area (Å²) >= 11 is 0. The molecule has 1 N–H and O–H groups in total. The highest BCUT2D eigenvalue weighted by molar-refractivity contribution is 5.91. The van der Waals surface area contributed by atoms with Gasteiger partial charge in [0, 0.05) is 0 Å². The number of esters is 1. The Hall–Kier alpha value is -3.07. The van der Waals surface area contributed by atoms with E-state index in [1.165, 1.54) is 36.2 Å². The van der Waals surface area contributed by atoms with Crippen LogP contribution in [-0.4, -0.2) is 11.1 Å². The first kappa shape index (κ1) is 18.7. The van der Waals surface area contributed by atoms with Gasteiger partial charge >= 0.3 is 5.97 Å². The molecule has 1 atom stereocenters. The maximum Gasteiger partial charge on any atom is 0.343 e. The summed E-state index contributed by atoms with van der Waals surface area (Å²) in [5.41, 5.74) is 3.97. The van der Waals surface area contributed by atoms with E-state index in [0.29, 0.717) is 17.2 Å². The molecule has 3 aromatic rings. The minimum atomic E-state index is -0.447. The second-order valence-electron chi connectivity index (χ2n) is 6.88. The van der Waals surface area contributed by atoms with E-state index in [9.17, 15) is 9.90 Å². The first-order valence-corrected chi connectivity index (χ1v) is 9.25. The van der Waals surface area contributed by atoms with Crippen LogP contribution in [0.4, 0.5) is 0 Å². The fourth-order valence-electron chi connectivity index (χ4n) is 2.86. The third-order valence-corrected chi connectivity index (χ3v) is 4.74. The zero-order valence-corrected chi connectivity index (χ0v) is 15.7. The predicted molar refractivity (Wildman–Crippen MR) is 108 cm³/mol. The summed E-state index contributed by atoms with van der Waals surface area (Å²) in [6.07, 6.45) is 2.29. The smallest absolute Gasteiger partial charge is 0.343 e. The van der Waals surface area contributed by atoms with Gasteiger partial charge in [-0.15, -0.1) is 0 Å². The van der Waals surface area contributed by atoms with E-state index < -0.39 is 5.97 Å². The minimum Gasteiger partial charge on any atom is -0.508 e. The van der Waals surface area contributed by atoms with Crippen LogP contribution >= 0.6 is 0 Å². The van der Waals surface area contributed by atoms with Crippen LogP contribution in [0.15, 0.2) is 72.8 Å². The Bertz CT molecular complexity index is 878. The molecule has 0 radical (unpaired) electrons. The summed E-state index contributed by atoms with van der Waals surface area (Å²) in [7, 11) is 0. The van der Waals surface area contributed by atoms with E-state index in [2.05, 4.69) is 38.1 Å². The number of phenols is 1. The maximum absolute atomic E-state index is 12.1. The molecule has 138 valence electrons. The van der Waals surface area contributed by atoms with Crippen molar-refractivity contribution in [2.75, 3.05) is 0 Å². The molecule has 1 unspecified atom stereocenters. The molecule has 27 heavy (non-hydrogen) atoms. The van der Waals surface area contributed by atoms with Crippen molar-refractivity contribution in [2.24, 2.45) is 5.92 Å². The van der Waals surface area contributed by atoms with Crippen LogP contribution < -0.4 is 4.74 Å². The molecule has 3 heteroatoms. The molecule has 0 heterocycles. The molecular formula is C24H24O3. The summed E-state index contributed by atoms with van der Waals surface area (Å²) in [5.74, 6) is 0.854. The minimum absolute atomic E-state index is 0.117. The van der Waals surface area contributed by atoms with Crippen LogP contribution in [0.2, 0.25) is 0 Å². The number of rotatable bonds is 6. The van der Waals surface area contributed by atoms with Crippen LogP contribution in [0, 0.1) is 5.92 Å². The second kappa shape index (κ2) is 8.54. The lowest BCUT2D eigenvalue weighted by Gasteiger charge is -2.10. The van der Waals surface area contributed by atoms with Gasteiger partial charge < -0.3 is 9.84 Å². The lowest BCUT2D eigenvalue weighted by Crippen LogP contribution is -2.07. The number of phenolic OH excluding ortho intramolecular Hbond substituents is 1. The van der Waals surface area contributed by atoms with Crippen LogP contribution in [-0.2, 0) is 6.42 Å². The third kappa shape index (κ3) is 4.98. The highest BCUT2D eigenvalue weighted by atomic mass is 16.5. The number of carbonyl (C=O) groups excluding carboxylic acids is 1. The highest BCUT2D eigenvalue weighted by Gasteiger charge is 2.09. The van der Waals surface area contributed by atoms with Gasteiger partial charge in [-0.3, -0.25) is 0 Å². The van der Waals surface area contributed by atoms with Crippen molar-refractivity contribution in [2.45, 2.75) is 26.7 Å². The molecule has 0 aliphatic rings. The Morgan fingerprint density at radius 3 is 2.00 bits per heavy atom. The lowest BCUT2D eigenvalue weighted by atomic mass is 9.97. The molecule has 3 rings (SSSR count). The molecular weight excluding hydrogens is 336 g/mol. The average Bonchev–Trinajstić information content (AvgIpc) is 2.69. The fraction of sp³-hybridized carbons (Fsp3) is 0.208. The van der Waals surface area contributed by atoms with Gasteiger partial charge in [-0.25, -0.2) is 4.79 Å². The molecule has 0 spiro atoms. The van der Waals surface area contributed by atoms with Gasteiger partial charge in [-0.2, -0.15) is 0 Å². The van der Waals surface area contributed by atoms with E-state index in [0.717, 1.165) is 17.5 Å². The van der Waals surface area contributed by atoms with E-state index in [-0.39, 0.29) is 5.75 Å². The molecule has 0 aliphatic heterocycles. The Labute approximate surface area is 160 Å². The van der Waals surface area contributed by atoms with Crippen molar-refractivity contribution < 1.29 is 14.6 Å². The van der Waals surface area contributed by atoms with Crippen LogP contribution in [0.25, 0.3) is 11.1 Å². The molecule has 0 amide bonds. The molecule has 0 saturated carbocycles. The number of aromatic hydroxyl groups is 1. The van der Waals surface area contributed by atoms with Crippen molar-refractivity contribution in [1.29, 1.82) is 0 Å². The summed E-state index contributed by atoms with van der Waals surface area (Å²) < 4.78 is 5.39. The number of benzene rings is 3. The van der Waals surface area contributed by atoms with E-state index in [1.54, 1.807) is 12.1 Å². The molecule has 0 bridgehead atoms. The van der Waals surface area contributed by atoms with Gasteiger partial charge in [0.2, 0.25) is 0 Å². The summed E-state index contributed by atoms with van der Waals surface area (Å²) in [6.45, 7) is 4.49. The Balaban J connectivity index is 1.66. The summed E-state index contributed by atoms with van der Waals surface area (Å²) in [4.78, 5) is 12.1. The standard InChI is InChI=1S/C24H24O3/c1-3-17(2)16-18-4-6-19(7-5-18)20-10-14-23(15-11-20)27-24(26)21-8-12-22(25)13-9-21/h4-15,17,25H,3,16H2,1-2H3. The molecule has 0 fully saturated rings. The Morgan fingerprint density at radius 2 is 1.44 bits per heavy atom. The van der Waals surface area contributed by atoms with Crippen molar-refractivity contribution in [3.63, 3.8) is 0 Å². The fourth-order valence-corrected chi connectivity index (χ4v) is 2.86. The van der Waals surface area contributed by atoms with Crippen LogP contribution in [0.5, 0.6) is 11.5 Å². The van der Waals surface area contributed by atoms with Crippen molar-refractivity contribution in [1.82, 2.24) is 0 Å². The zero-order valence-electron chi connectivity index (χ0n) is 15.7. The number of carbonyl (C=O) groups is 1. The SMILES string of the molecule is CCC(C)Cc1ccc(-c2ccc(OC(=O)c3ccc(O)cc3)cc2)cc1. The van der Waals surface area contributed by atoms with Crippen molar-refractivity contribution >= 4 is 5.97 Å². The lowest BCUT2D eigenvalue weighted by molar-refractivity contribution is 0.0735. The van der Waals surface area contributed by atoms with Gasteiger partial charge in [0.05, 0.1) is 5.56 Å². The second-order valence-corrected chi connectivity index (χ2v) is 6.88. The van der Waals surface area contributed by atoms with Crippen molar-refractivity contribution in [3.05, 3.63) is 83.9 Å². The quantitative estimate of drug-likeness (QED) is 0.442. The highest BCUT2D eigenvalue weighted by Crippen LogP contribution is 2.24. The van der Waals surface area contributed by atoms with Gasteiger partial charge in [0.1, 0.15) is 11.5 Å². The van der Waals surface area contributed by atoms with Crippen LogP contribution in [0.3, 0.4) is 0 Å². The third-order valence-electron chi connectivity index (χ3n) is 4.74. The molecule has 3 aromatic carbocycles. The zero-order chi connectivity index (χ0) is 19.2. The van der Waals surface area contributed by atoms with Gasteiger partial charge in [0.25, 0.3) is 0 Å². The van der Waals surface area contributed by atoms with E-state index >= 15 is 0 Å². The van der Waals surface area contributed by atoms with E-state index in [4.69, 9.17) is 4.74 Å². The topological polar surface area (TPSA) is 46.5 Å². The van der Waals surface area contributed by atoms with Crippen LogP contribution in [0.1, 0.15) is 36.2 Å². The summed E-state index contributed by atoms with van der Waals surface area (Å²) in [5, 5.41) is 9.29. The monoisotopic (exact) mass is 360 g/mol. The van der Waals surface area contributed by atoms with Gasteiger partial charge in [-0.1, -0.05) is 56.7 Å².